The van der Waals surface area contributed by atoms with Gasteiger partial charge in [0.05, 0.1) is 5.56 Å². The van der Waals surface area contributed by atoms with Crippen molar-refractivity contribution in [2.24, 2.45) is 0 Å². The minimum absolute atomic E-state index is 0.223. The molecule has 20 heavy (non-hydrogen) atoms. The first-order chi connectivity index (χ1) is 9.58. The lowest BCUT2D eigenvalue weighted by molar-refractivity contribution is -0.134. The smallest absolute Gasteiger partial charge is 0.254 e. The molecule has 2 rings (SSSR count). The number of amides is 3. The van der Waals surface area contributed by atoms with Crippen molar-refractivity contribution in [2.45, 2.75) is 32.7 Å². The standard InChI is InChI=1S/C12H13N3O3.C2H6/c13-8-4-2-1-3-7(8)11(17)14-9-5-6-10(16)15-12(9)18;1-2/h1-4,9H,5-6,13H2,(H,14,17)(H,15,16,18);1-2H3. The van der Waals surface area contributed by atoms with Crippen LogP contribution in [0.2, 0.25) is 0 Å². The maximum atomic E-state index is 11.9. The Kier molecular flexibility index (Phi) is 5.71. The average molecular weight is 277 g/mol. The molecule has 0 saturated carbocycles. The molecule has 1 atom stereocenters. The highest BCUT2D eigenvalue weighted by Crippen LogP contribution is 2.12. The van der Waals surface area contributed by atoms with Gasteiger partial charge in [-0.2, -0.15) is 0 Å². The highest BCUT2D eigenvalue weighted by Gasteiger charge is 2.28. The van der Waals surface area contributed by atoms with Gasteiger partial charge in [0.25, 0.3) is 5.91 Å². The number of nitrogens with one attached hydrogen (secondary N) is 2. The quantitative estimate of drug-likeness (QED) is 0.550. The second-order valence-electron chi connectivity index (χ2n) is 4.06. The lowest BCUT2D eigenvalue weighted by Crippen LogP contribution is -2.52. The Morgan fingerprint density at radius 1 is 1.30 bits per heavy atom. The maximum absolute atomic E-state index is 11.9. The van der Waals surface area contributed by atoms with Crippen molar-refractivity contribution < 1.29 is 14.4 Å². The van der Waals surface area contributed by atoms with Crippen LogP contribution in [0.25, 0.3) is 0 Å². The first-order valence-corrected chi connectivity index (χ1v) is 6.57. The first-order valence-electron chi connectivity index (χ1n) is 6.57. The van der Waals surface area contributed by atoms with E-state index < -0.39 is 17.9 Å². The molecule has 1 fully saturated rings. The van der Waals surface area contributed by atoms with E-state index in [2.05, 4.69) is 10.6 Å². The molecule has 1 aliphatic heterocycles. The van der Waals surface area contributed by atoms with E-state index in [4.69, 9.17) is 5.73 Å². The fourth-order valence-electron chi connectivity index (χ4n) is 1.77. The molecule has 1 aromatic carbocycles. The van der Waals surface area contributed by atoms with Gasteiger partial charge >= 0.3 is 0 Å². The van der Waals surface area contributed by atoms with E-state index >= 15 is 0 Å². The van der Waals surface area contributed by atoms with Crippen LogP contribution in [-0.4, -0.2) is 23.8 Å². The predicted molar refractivity (Wildman–Crippen MR) is 75.8 cm³/mol. The number of para-hydroxylation sites is 1. The molecule has 1 unspecified atom stereocenters. The number of nitrogen functional groups attached to an aromatic ring is 1. The van der Waals surface area contributed by atoms with Gasteiger partial charge in [-0.15, -0.1) is 0 Å². The first kappa shape index (κ1) is 15.7. The minimum Gasteiger partial charge on any atom is -0.398 e. The molecule has 1 heterocycles. The second-order valence-corrected chi connectivity index (χ2v) is 4.06. The molecule has 1 saturated heterocycles. The number of hydrogen-bond acceptors (Lipinski definition) is 4. The van der Waals surface area contributed by atoms with Crippen molar-refractivity contribution in [1.82, 2.24) is 10.6 Å². The summed E-state index contributed by atoms with van der Waals surface area (Å²) in [6.45, 7) is 4.00. The van der Waals surface area contributed by atoms with Crippen molar-refractivity contribution in [1.29, 1.82) is 0 Å². The Balaban J connectivity index is 0.000000956. The van der Waals surface area contributed by atoms with Crippen LogP contribution in [0, 0.1) is 0 Å². The van der Waals surface area contributed by atoms with E-state index in [-0.39, 0.29) is 12.3 Å². The zero-order chi connectivity index (χ0) is 15.1. The largest absolute Gasteiger partial charge is 0.398 e. The van der Waals surface area contributed by atoms with Crippen molar-refractivity contribution in [3.8, 4) is 0 Å². The third kappa shape index (κ3) is 3.81. The van der Waals surface area contributed by atoms with E-state index in [1.165, 1.54) is 0 Å². The molecule has 1 aliphatic rings. The Morgan fingerprint density at radius 3 is 2.55 bits per heavy atom. The average Bonchev–Trinajstić information content (AvgIpc) is 2.44. The summed E-state index contributed by atoms with van der Waals surface area (Å²) in [6.07, 6.45) is 0.532. The van der Waals surface area contributed by atoms with E-state index in [1.54, 1.807) is 24.3 Å². The van der Waals surface area contributed by atoms with Gasteiger partial charge in [-0.3, -0.25) is 19.7 Å². The highest BCUT2D eigenvalue weighted by atomic mass is 16.2. The molecule has 6 nitrogen and oxygen atoms in total. The number of imide groups is 1. The number of carbonyl (C=O) groups is 3. The zero-order valence-electron chi connectivity index (χ0n) is 11.6. The lowest BCUT2D eigenvalue weighted by atomic mass is 10.1. The van der Waals surface area contributed by atoms with Crippen molar-refractivity contribution in [2.75, 3.05) is 5.73 Å². The summed E-state index contributed by atoms with van der Waals surface area (Å²) in [4.78, 5) is 34.3. The summed E-state index contributed by atoms with van der Waals surface area (Å²) in [6, 6.07) is 5.92. The van der Waals surface area contributed by atoms with Crippen LogP contribution in [0.15, 0.2) is 24.3 Å². The van der Waals surface area contributed by atoms with E-state index in [0.29, 0.717) is 17.7 Å². The van der Waals surface area contributed by atoms with Gasteiger partial charge in [-0.25, -0.2) is 0 Å². The van der Waals surface area contributed by atoms with Gasteiger partial charge in [0.15, 0.2) is 0 Å². The van der Waals surface area contributed by atoms with Crippen molar-refractivity contribution >= 4 is 23.4 Å². The van der Waals surface area contributed by atoms with Gasteiger partial charge < -0.3 is 11.1 Å². The Labute approximate surface area is 117 Å². The van der Waals surface area contributed by atoms with Crippen LogP contribution in [0.3, 0.4) is 0 Å². The fraction of sp³-hybridized carbons (Fsp3) is 0.357. The molecule has 3 amide bonds. The SMILES string of the molecule is CC.Nc1ccccc1C(=O)NC1CCC(=O)NC1=O. The van der Waals surface area contributed by atoms with Gasteiger partial charge in [-0.05, 0) is 18.6 Å². The summed E-state index contributed by atoms with van der Waals surface area (Å²) >= 11 is 0. The van der Waals surface area contributed by atoms with Gasteiger partial charge in [0.1, 0.15) is 6.04 Å². The Morgan fingerprint density at radius 2 is 1.95 bits per heavy atom. The van der Waals surface area contributed by atoms with Crippen LogP contribution in [0.1, 0.15) is 37.0 Å². The number of nitrogens with two attached hydrogens (primary N) is 1. The topological polar surface area (TPSA) is 101 Å². The van der Waals surface area contributed by atoms with E-state index in [0.717, 1.165) is 0 Å². The molecule has 0 aliphatic carbocycles. The Hall–Kier alpha value is -2.37. The number of anilines is 1. The number of benzene rings is 1. The molecular formula is C14H19N3O3. The molecule has 0 aromatic heterocycles. The lowest BCUT2D eigenvalue weighted by Gasteiger charge is -2.22. The monoisotopic (exact) mass is 277 g/mol. The third-order valence-corrected chi connectivity index (χ3v) is 2.75. The zero-order valence-corrected chi connectivity index (χ0v) is 11.6. The number of rotatable bonds is 2. The molecular weight excluding hydrogens is 258 g/mol. The van der Waals surface area contributed by atoms with Crippen LogP contribution < -0.4 is 16.4 Å². The summed E-state index contributed by atoms with van der Waals surface area (Å²) in [7, 11) is 0. The van der Waals surface area contributed by atoms with E-state index in [1.807, 2.05) is 13.8 Å². The predicted octanol–water partition coefficient (Wildman–Crippen LogP) is 0.830. The fourth-order valence-corrected chi connectivity index (χ4v) is 1.77. The summed E-state index contributed by atoms with van der Waals surface area (Å²) < 4.78 is 0. The third-order valence-electron chi connectivity index (χ3n) is 2.75. The van der Waals surface area contributed by atoms with Crippen LogP contribution in [0.5, 0.6) is 0 Å². The van der Waals surface area contributed by atoms with Gasteiger partial charge in [0.2, 0.25) is 11.8 Å². The van der Waals surface area contributed by atoms with Crippen molar-refractivity contribution in [3.63, 3.8) is 0 Å². The highest BCUT2D eigenvalue weighted by molar-refractivity contribution is 6.05. The van der Waals surface area contributed by atoms with Crippen LogP contribution in [-0.2, 0) is 9.59 Å². The molecule has 0 bridgehead atoms. The summed E-state index contributed by atoms with van der Waals surface area (Å²) in [5.74, 6) is -1.21. The normalized spacial score (nSPS) is 17.6. The maximum Gasteiger partial charge on any atom is 0.254 e. The Bertz CT molecular complexity index is 514. The second kappa shape index (κ2) is 7.28. The molecule has 4 N–H and O–H groups in total. The molecule has 1 aromatic rings. The number of carbonyl (C=O) groups excluding carboxylic acids is 3. The van der Waals surface area contributed by atoms with Crippen LogP contribution >= 0.6 is 0 Å². The summed E-state index contributed by atoms with van der Waals surface area (Å²) in [5.41, 5.74) is 6.34. The minimum atomic E-state index is -0.685. The van der Waals surface area contributed by atoms with E-state index in [9.17, 15) is 14.4 Å². The molecule has 0 spiro atoms. The number of piperidine rings is 1. The van der Waals surface area contributed by atoms with Gasteiger partial charge in [0, 0.05) is 12.1 Å². The number of hydrogen-bond donors (Lipinski definition) is 3. The molecule has 0 radical (unpaired) electrons. The molecule has 6 heteroatoms. The molecule has 108 valence electrons. The van der Waals surface area contributed by atoms with Crippen molar-refractivity contribution in [3.05, 3.63) is 29.8 Å². The van der Waals surface area contributed by atoms with Gasteiger partial charge in [-0.1, -0.05) is 26.0 Å². The summed E-state index contributed by atoms with van der Waals surface area (Å²) in [5, 5.41) is 4.74. The van der Waals surface area contributed by atoms with Crippen LogP contribution in [0.4, 0.5) is 5.69 Å².